The Labute approximate surface area is 222 Å². The van der Waals surface area contributed by atoms with Crippen LogP contribution < -0.4 is 9.64 Å². The number of hydrogen-bond donors (Lipinski definition) is 1. The van der Waals surface area contributed by atoms with Crippen LogP contribution in [0.4, 0.5) is 10.2 Å². The lowest BCUT2D eigenvalue weighted by Gasteiger charge is -2.35. The average molecular weight is 511 g/mol. The van der Waals surface area contributed by atoms with Gasteiger partial charge in [-0.2, -0.15) is 0 Å². The zero-order valence-corrected chi connectivity index (χ0v) is 21.5. The van der Waals surface area contributed by atoms with Crippen molar-refractivity contribution in [2.24, 2.45) is 0 Å². The van der Waals surface area contributed by atoms with E-state index in [9.17, 15) is 4.79 Å². The summed E-state index contributed by atoms with van der Waals surface area (Å²) in [5.74, 6) is 1.07. The second-order valence-corrected chi connectivity index (χ2v) is 9.56. The van der Waals surface area contributed by atoms with E-state index >= 15 is 4.39 Å². The van der Waals surface area contributed by atoms with Crippen molar-refractivity contribution in [2.75, 3.05) is 38.2 Å². The van der Waals surface area contributed by atoms with Crippen LogP contribution >= 0.6 is 0 Å². The van der Waals surface area contributed by atoms with E-state index in [0.29, 0.717) is 55.1 Å². The number of fused-ring (bicyclic) bond motifs is 2. The molecular formula is C31H31FN4O2. The van der Waals surface area contributed by atoms with Gasteiger partial charge < -0.3 is 19.5 Å². The Bertz CT molecular complexity index is 1650. The summed E-state index contributed by atoms with van der Waals surface area (Å²) in [7, 11) is 1.63. The molecule has 6 rings (SSSR count). The van der Waals surface area contributed by atoms with Gasteiger partial charge in [0.15, 0.2) is 11.6 Å². The van der Waals surface area contributed by atoms with E-state index in [4.69, 9.17) is 4.74 Å². The van der Waals surface area contributed by atoms with Gasteiger partial charge in [-0.05, 0) is 58.1 Å². The van der Waals surface area contributed by atoms with E-state index in [-0.39, 0.29) is 13.2 Å². The molecule has 1 N–H and O–H groups in total. The fraction of sp³-hybridized carbons (Fsp3) is 0.226. The van der Waals surface area contributed by atoms with Crippen molar-refractivity contribution in [3.05, 3.63) is 90.0 Å². The molecule has 0 radical (unpaired) electrons. The van der Waals surface area contributed by atoms with E-state index in [0.717, 1.165) is 33.1 Å². The third kappa shape index (κ3) is 4.04. The number of anilines is 1. The number of ether oxygens (including phenoxy) is 1. The number of halogens is 1. The van der Waals surface area contributed by atoms with Crippen LogP contribution in [0, 0.1) is 5.82 Å². The number of piperazine rings is 1. The standard InChI is InChI=1S/C31H29FN4O2.H2/c1-3-20-18-24(23-11-6-9-21-8-4-5-10-22(21)23)25-19-26(34-29(25)28(20)32)31(37)36-16-14-35(15-17-36)30-27(38-2)12-7-13-33-30;/h4-13,18-19,34H,3,14-17H2,1-2H3;1H. The predicted molar refractivity (Wildman–Crippen MR) is 152 cm³/mol. The van der Waals surface area contributed by atoms with E-state index < -0.39 is 0 Å². The molecule has 1 amide bonds. The molecule has 6 nitrogen and oxygen atoms in total. The predicted octanol–water partition coefficient (Wildman–Crippen LogP) is 6.30. The van der Waals surface area contributed by atoms with Crippen LogP contribution in [0.25, 0.3) is 32.8 Å². The number of carbonyl (C=O) groups excluding carboxylic acids is 1. The van der Waals surface area contributed by atoms with Crippen LogP contribution in [-0.2, 0) is 6.42 Å². The van der Waals surface area contributed by atoms with Crippen LogP contribution in [0.1, 0.15) is 24.4 Å². The molecule has 38 heavy (non-hydrogen) atoms. The van der Waals surface area contributed by atoms with Gasteiger partial charge in [0.25, 0.3) is 5.91 Å². The molecule has 7 heteroatoms. The minimum absolute atomic E-state index is 0. The van der Waals surface area contributed by atoms with Crippen molar-refractivity contribution in [2.45, 2.75) is 13.3 Å². The first-order valence-electron chi connectivity index (χ1n) is 12.9. The van der Waals surface area contributed by atoms with Crippen molar-refractivity contribution in [1.29, 1.82) is 0 Å². The number of aromatic amines is 1. The number of benzene rings is 3. The summed E-state index contributed by atoms with van der Waals surface area (Å²) in [4.78, 5) is 25.1. The summed E-state index contributed by atoms with van der Waals surface area (Å²) in [5, 5.41) is 2.94. The van der Waals surface area contributed by atoms with E-state index in [2.05, 4.69) is 39.1 Å². The molecule has 1 saturated heterocycles. The van der Waals surface area contributed by atoms with E-state index in [1.807, 2.05) is 54.3 Å². The number of H-pyrrole nitrogens is 1. The summed E-state index contributed by atoms with van der Waals surface area (Å²) >= 11 is 0. The number of pyridine rings is 1. The monoisotopic (exact) mass is 510 g/mol. The number of aryl methyl sites for hydroxylation is 1. The zero-order chi connectivity index (χ0) is 26.2. The second-order valence-electron chi connectivity index (χ2n) is 9.56. The number of rotatable bonds is 5. The van der Waals surface area contributed by atoms with Crippen molar-refractivity contribution >= 4 is 33.4 Å². The maximum absolute atomic E-state index is 15.5. The number of carbonyl (C=O) groups is 1. The molecule has 3 heterocycles. The summed E-state index contributed by atoms with van der Waals surface area (Å²) in [5.41, 5.74) is 3.36. The molecule has 0 atom stereocenters. The van der Waals surface area contributed by atoms with Crippen LogP contribution in [0.2, 0.25) is 0 Å². The first kappa shape index (κ1) is 24.0. The molecule has 5 aromatic rings. The maximum atomic E-state index is 15.5. The normalized spacial score (nSPS) is 13.9. The Balaban J connectivity index is 0.00000308. The van der Waals surface area contributed by atoms with Gasteiger partial charge in [0.1, 0.15) is 11.5 Å². The molecule has 1 fully saturated rings. The lowest BCUT2D eigenvalue weighted by molar-refractivity contribution is 0.0741. The van der Waals surface area contributed by atoms with Crippen molar-refractivity contribution in [3.63, 3.8) is 0 Å². The molecule has 0 bridgehead atoms. The third-order valence-electron chi connectivity index (χ3n) is 7.46. The molecule has 0 unspecified atom stereocenters. The van der Waals surface area contributed by atoms with Gasteiger partial charge in [0, 0.05) is 39.2 Å². The smallest absolute Gasteiger partial charge is 0.270 e. The van der Waals surface area contributed by atoms with Gasteiger partial charge in [-0.25, -0.2) is 9.37 Å². The number of aromatic nitrogens is 2. The fourth-order valence-corrected chi connectivity index (χ4v) is 5.44. The number of nitrogens with one attached hydrogen (secondary N) is 1. The topological polar surface area (TPSA) is 61.5 Å². The third-order valence-corrected chi connectivity index (χ3v) is 7.46. The molecular weight excluding hydrogens is 479 g/mol. The highest BCUT2D eigenvalue weighted by molar-refractivity contribution is 6.08. The van der Waals surface area contributed by atoms with Crippen molar-refractivity contribution < 1.29 is 15.3 Å². The largest absolute Gasteiger partial charge is 0.493 e. The Morgan fingerprint density at radius 1 is 1.00 bits per heavy atom. The molecule has 194 valence electrons. The lowest BCUT2D eigenvalue weighted by atomic mass is 9.93. The van der Waals surface area contributed by atoms with E-state index in [1.54, 1.807) is 13.3 Å². The first-order chi connectivity index (χ1) is 18.6. The maximum Gasteiger partial charge on any atom is 0.270 e. The highest BCUT2D eigenvalue weighted by atomic mass is 19.1. The summed E-state index contributed by atoms with van der Waals surface area (Å²) in [6.07, 6.45) is 2.30. The number of nitrogens with zero attached hydrogens (tertiary/aromatic N) is 3. The van der Waals surface area contributed by atoms with Gasteiger partial charge >= 0.3 is 0 Å². The molecule has 0 spiro atoms. The Morgan fingerprint density at radius 2 is 1.79 bits per heavy atom. The zero-order valence-electron chi connectivity index (χ0n) is 21.5. The highest BCUT2D eigenvalue weighted by Crippen LogP contribution is 2.37. The van der Waals surface area contributed by atoms with Gasteiger partial charge in [-0.3, -0.25) is 4.79 Å². The van der Waals surface area contributed by atoms with E-state index in [1.165, 1.54) is 0 Å². The molecule has 1 aliphatic rings. The number of hydrogen-bond acceptors (Lipinski definition) is 4. The van der Waals surface area contributed by atoms with Gasteiger partial charge in [0.05, 0.1) is 12.6 Å². The van der Waals surface area contributed by atoms with Gasteiger partial charge in [-0.15, -0.1) is 0 Å². The molecule has 2 aromatic heterocycles. The Hall–Kier alpha value is -4.39. The highest BCUT2D eigenvalue weighted by Gasteiger charge is 2.26. The van der Waals surface area contributed by atoms with Crippen LogP contribution in [0.3, 0.4) is 0 Å². The Morgan fingerprint density at radius 3 is 2.58 bits per heavy atom. The first-order valence-corrected chi connectivity index (χ1v) is 12.9. The molecule has 0 saturated carbocycles. The van der Waals surface area contributed by atoms with Crippen molar-refractivity contribution in [3.8, 4) is 16.9 Å². The minimum atomic E-state index is -0.294. The SMILES string of the molecule is CCc1cc(-c2cccc3ccccc23)c2cc(C(=O)N3CCN(c4ncccc4OC)CC3)[nH]c2c1F.[HH]. The number of amides is 1. The van der Waals surface area contributed by atoms with Crippen LogP contribution in [0.5, 0.6) is 5.75 Å². The molecule has 3 aromatic carbocycles. The van der Waals surface area contributed by atoms with Gasteiger partial charge in [0.2, 0.25) is 0 Å². The Kier molecular flexibility index (Phi) is 6.19. The average Bonchev–Trinajstić information content (AvgIpc) is 3.43. The van der Waals surface area contributed by atoms with Crippen LogP contribution in [0.15, 0.2) is 72.9 Å². The minimum Gasteiger partial charge on any atom is -0.493 e. The quantitative estimate of drug-likeness (QED) is 0.301. The molecule has 0 aliphatic carbocycles. The summed E-state index contributed by atoms with van der Waals surface area (Å²) in [6, 6.07) is 21.8. The molecule has 1 aliphatic heterocycles. The van der Waals surface area contributed by atoms with Gasteiger partial charge in [-0.1, -0.05) is 49.4 Å². The van der Waals surface area contributed by atoms with Crippen molar-refractivity contribution in [1.82, 2.24) is 14.9 Å². The summed E-state index contributed by atoms with van der Waals surface area (Å²) < 4.78 is 21.0. The second kappa shape index (κ2) is 9.82. The summed E-state index contributed by atoms with van der Waals surface area (Å²) in [6.45, 7) is 4.28. The van der Waals surface area contributed by atoms with Crippen LogP contribution in [-0.4, -0.2) is 54.1 Å². The number of methoxy groups -OCH3 is 1. The fourth-order valence-electron chi connectivity index (χ4n) is 5.44. The lowest BCUT2D eigenvalue weighted by Crippen LogP contribution is -2.49.